The number of carbonyl (C=O) groups is 3. The van der Waals surface area contributed by atoms with E-state index >= 15 is 0 Å². The molecule has 0 spiro atoms. The van der Waals surface area contributed by atoms with Crippen LogP contribution in [0.2, 0.25) is 5.02 Å². The number of fused-ring (bicyclic) bond motifs is 1. The number of carbonyl (C=O) groups excluding carboxylic acids is 2. The minimum atomic E-state index is -5.08. The number of nitrogens with zero attached hydrogens (tertiary/aromatic N) is 1. The van der Waals surface area contributed by atoms with E-state index in [1.165, 1.54) is 4.90 Å². The molecule has 0 bridgehead atoms. The summed E-state index contributed by atoms with van der Waals surface area (Å²) >= 11 is 6.11. The van der Waals surface area contributed by atoms with E-state index in [-0.39, 0.29) is 35.7 Å². The van der Waals surface area contributed by atoms with E-state index in [0.717, 1.165) is 12.0 Å². The molecule has 3 aliphatic rings. The lowest BCUT2D eigenvalue weighted by Gasteiger charge is -2.38. The lowest BCUT2D eigenvalue weighted by molar-refractivity contribution is -0.192. The summed E-state index contributed by atoms with van der Waals surface area (Å²) in [7, 11) is 0. The highest BCUT2D eigenvalue weighted by atomic mass is 35.5. The molecule has 37 heavy (non-hydrogen) atoms. The molecule has 4 rings (SSSR count). The van der Waals surface area contributed by atoms with Crippen LogP contribution in [0.4, 0.5) is 13.2 Å². The predicted molar refractivity (Wildman–Crippen MR) is 128 cm³/mol. The first-order chi connectivity index (χ1) is 16.9. The van der Waals surface area contributed by atoms with Gasteiger partial charge in [0.1, 0.15) is 11.4 Å². The third-order valence-electron chi connectivity index (χ3n) is 6.29. The molecular formula is C24H30ClF3N4O5. The summed E-state index contributed by atoms with van der Waals surface area (Å²) in [4.78, 5) is 35.7. The van der Waals surface area contributed by atoms with Gasteiger partial charge >= 0.3 is 12.1 Å². The second-order valence-electron chi connectivity index (χ2n) is 10.8. The molecule has 2 heterocycles. The molecular weight excluding hydrogens is 517 g/mol. The topological polar surface area (TPSA) is 132 Å². The Kier molecular flexibility index (Phi) is 7.74. The van der Waals surface area contributed by atoms with E-state index in [9.17, 15) is 22.8 Å². The third kappa shape index (κ3) is 7.27. The molecule has 1 saturated carbocycles. The average Bonchev–Trinajstić information content (AvgIpc) is 3.48. The van der Waals surface area contributed by atoms with Gasteiger partial charge in [0.05, 0.1) is 6.04 Å². The molecule has 1 unspecified atom stereocenters. The van der Waals surface area contributed by atoms with Crippen molar-refractivity contribution in [1.29, 1.82) is 5.41 Å². The predicted octanol–water partition coefficient (Wildman–Crippen LogP) is 3.86. The van der Waals surface area contributed by atoms with E-state index in [0.29, 0.717) is 30.2 Å². The number of alkyl halides is 3. The molecule has 1 saturated heterocycles. The Bertz CT molecular complexity index is 1090. The second kappa shape index (κ2) is 10.0. The van der Waals surface area contributed by atoms with Crippen LogP contribution in [0.1, 0.15) is 58.6 Å². The Hall–Kier alpha value is -3.02. The zero-order valence-corrected chi connectivity index (χ0v) is 21.6. The lowest BCUT2D eigenvalue weighted by Crippen LogP contribution is -2.60. The third-order valence-corrected chi connectivity index (χ3v) is 6.52. The van der Waals surface area contributed by atoms with Crippen LogP contribution in [0.3, 0.4) is 0 Å². The lowest BCUT2D eigenvalue weighted by atomic mass is 9.89. The van der Waals surface area contributed by atoms with Gasteiger partial charge in [0.15, 0.2) is 5.96 Å². The van der Waals surface area contributed by atoms with Crippen molar-refractivity contribution in [2.24, 2.45) is 11.8 Å². The number of amides is 2. The maximum atomic E-state index is 12.9. The molecule has 3 atom stereocenters. The highest BCUT2D eigenvalue weighted by Crippen LogP contribution is 2.43. The summed E-state index contributed by atoms with van der Waals surface area (Å²) in [5.41, 5.74) is 0.118. The van der Waals surface area contributed by atoms with Gasteiger partial charge in [-0.25, -0.2) is 4.79 Å². The SMILES string of the molecule is CC1(C)CC(=O)N(C[C@@H]2C[C@H]2C(=O)NC2CC(C)(C)Oc3cc(Cl)ccc32)C(=N)N1.O=C(O)C(F)(F)F. The first-order valence-corrected chi connectivity index (χ1v) is 12.0. The van der Waals surface area contributed by atoms with Gasteiger partial charge in [-0.2, -0.15) is 13.2 Å². The number of carboxylic acid groups (broad SMARTS) is 1. The van der Waals surface area contributed by atoms with E-state index in [4.69, 9.17) is 31.6 Å². The zero-order valence-electron chi connectivity index (χ0n) is 20.8. The van der Waals surface area contributed by atoms with Gasteiger partial charge < -0.3 is 20.5 Å². The number of benzene rings is 1. The summed E-state index contributed by atoms with van der Waals surface area (Å²) in [6, 6.07) is 5.36. The molecule has 1 aliphatic carbocycles. The van der Waals surface area contributed by atoms with E-state index in [2.05, 4.69) is 10.6 Å². The van der Waals surface area contributed by atoms with Crippen LogP contribution in [0, 0.1) is 17.2 Å². The number of carboxylic acids is 1. The maximum Gasteiger partial charge on any atom is 0.490 e. The second-order valence-corrected chi connectivity index (χ2v) is 11.2. The molecule has 9 nitrogen and oxygen atoms in total. The van der Waals surface area contributed by atoms with Crippen molar-refractivity contribution in [2.45, 2.75) is 70.3 Å². The van der Waals surface area contributed by atoms with Crippen molar-refractivity contribution in [1.82, 2.24) is 15.5 Å². The fraction of sp³-hybridized carbons (Fsp3) is 0.583. The number of rotatable bonds is 4. The van der Waals surface area contributed by atoms with E-state index in [1.54, 1.807) is 6.07 Å². The van der Waals surface area contributed by atoms with Crippen molar-refractivity contribution >= 4 is 35.3 Å². The Labute approximate surface area is 217 Å². The van der Waals surface area contributed by atoms with Gasteiger partial charge in [-0.15, -0.1) is 0 Å². The van der Waals surface area contributed by atoms with Gasteiger partial charge in [0.2, 0.25) is 11.8 Å². The van der Waals surface area contributed by atoms with Crippen molar-refractivity contribution in [3.05, 3.63) is 28.8 Å². The number of hydrogen-bond acceptors (Lipinski definition) is 5. The minimum Gasteiger partial charge on any atom is -0.487 e. The van der Waals surface area contributed by atoms with Crippen LogP contribution in [-0.2, 0) is 14.4 Å². The minimum absolute atomic E-state index is 0.00659. The van der Waals surface area contributed by atoms with Crippen molar-refractivity contribution in [3.63, 3.8) is 0 Å². The van der Waals surface area contributed by atoms with E-state index < -0.39 is 23.3 Å². The summed E-state index contributed by atoms with van der Waals surface area (Å²) in [5, 5.41) is 22.1. The van der Waals surface area contributed by atoms with Crippen LogP contribution in [0.5, 0.6) is 5.75 Å². The van der Waals surface area contributed by atoms with E-state index in [1.807, 2.05) is 39.8 Å². The molecule has 0 aromatic heterocycles. The molecule has 1 aromatic carbocycles. The van der Waals surface area contributed by atoms with Crippen molar-refractivity contribution in [3.8, 4) is 5.75 Å². The standard InChI is InChI=1S/C22H29ClN4O3.C2HF3O2/c1-21(2)10-18(28)27(20(24)26-21)11-12-7-15(12)19(29)25-16-9-22(3,4)30-17-8-13(23)5-6-14(16)17;3-2(4,5)1(6)7/h5-6,8,12,15-16H,7,9-11H2,1-4H3,(H2,24,26)(H,25,29);(H,6,7)/t12-,15+,16?;/m0./s1. The van der Waals surface area contributed by atoms with Crippen LogP contribution in [0.25, 0.3) is 0 Å². The maximum absolute atomic E-state index is 12.9. The number of guanidine groups is 1. The van der Waals surface area contributed by atoms with Crippen LogP contribution in [-0.4, -0.2) is 57.6 Å². The molecule has 13 heteroatoms. The Morgan fingerprint density at radius 2 is 1.92 bits per heavy atom. The highest BCUT2D eigenvalue weighted by Gasteiger charge is 2.47. The molecule has 4 N–H and O–H groups in total. The summed E-state index contributed by atoms with van der Waals surface area (Å²) in [6.07, 6.45) is -3.35. The summed E-state index contributed by atoms with van der Waals surface area (Å²) in [6.45, 7) is 8.22. The smallest absolute Gasteiger partial charge is 0.487 e. The Morgan fingerprint density at radius 3 is 2.49 bits per heavy atom. The normalized spacial score (nSPS) is 25.5. The molecule has 2 fully saturated rings. The molecule has 0 radical (unpaired) electrons. The highest BCUT2D eigenvalue weighted by molar-refractivity contribution is 6.30. The number of hydrogen-bond donors (Lipinski definition) is 4. The monoisotopic (exact) mass is 546 g/mol. The zero-order chi connectivity index (χ0) is 27.9. The van der Waals surface area contributed by atoms with Crippen LogP contribution < -0.4 is 15.4 Å². The van der Waals surface area contributed by atoms with Crippen LogP contribution >= 0.6 is 11.6 Å². The van der Waals surface area contributed by atoms with Crippen molar-refractivity contribution < 1.29 is 37.4 Å². The fourth-order valence-corrected chi connectivity index (χ4v) is 4.62. The van der Waals surface area contributed by atoms with Gasteiger partial charge in [-0.05, 0) is 52.2 Å². The largest absolute Gasteiger partial charge is 0.490 e. The Morgan fingerprint density at radius 1 is 1.30 bits per heavy atom. The molecule has 1 aromatic rings. The van der Waals surface area contributed by atoms with Crippen molar-refractivity contribution in [2.75, 3.05) is 6.54 Å². The Balaban J connectivity index is 0.000000479. The first-order valence-electron chi connectivity index (χ1n) is 11.6. The van der Waals surface area contributed by atoms with Gasteiger partial charge in [-0.3, -0.25) is 19.9 Å². The quantitative estimate of drug-likeness (QED) is 0.453. The number of aliphatic carboxylic acids is 1. The van der Waals surface area contributed by atoms with Gasteiger partial charge in [0.25, 0.3) is 0 Å². The van der Waals surface area contributed by atoms with Gasteiger partial charge in [-0.1, -0.05) is 17.7 Å². The van der Waals surface area contributed by atoms with Crippen LogP contribution in [0.15, 0.2) is 18.2 Å². The fourth-order valence-electron chi connectivity index (χ4n) is 4.46. The number of halogens is 4. The molecule has 204 valence electrons. The summed E-state index contributed by atoms with van der Waals surface area (Å²) < 4.78 is 37.8. The number of nitrogens with one attached hydrogen (secondary N) is 3. The first kappa shape index (κ1) is 28.5. The van der Waals surface area contributed by atoms with Gasteiger partial charge in [0, 0.05) is 41.4 Å². The average molecular weight is 547 g/mol. The molecule has 2 amide bonds. The summed E-state index contributed by atoms with van der Waals surface area (Å²) in [5.74, 6) is -2.05. The molecule has 2 aliphatic heterocycles. The number of ether oxygens (including phenoxy) is 1.